The summed E-state index contributed by atoms with van der Waals surface area (Å²) in [7, 11) is 0. The van der Waals surface area contributed by atoms with Gasteiger partial charge in [-0.1, -0.05) is 60.3 Å². The molecule has 33 heavy (non-hydrogen) atoms. The molecule has 2 aromatic carbocycles. The molecule has 8 heteroatoms. The quantitative estimate of drug-likeness (QED) is 0.408. The summed E-state index contributed by atoms with van der Waals surface area (Å²) in [5.41, 5.74) is 3.47. The SMILES string of the molecule is CCN(Cc1ccccc1)C(=O)CC1CSc2nc3c(cnn3-c3ccccc3C)c(=O)n21. The number of hydrogen-bond acceptors (Lipinski definition) is 5. The van der Waals surface area contributed by atoms with E-state index >= 15 is 0 Å². The number of aryl methyl sites for hydroxylation is 1. The summed E-state index contributed by atoms with van der Waals surface area (Å²) in [6.07, 6.45) is 1.86. The predicted molar refractivity (Wildman–Crippen MR) is 130 cm³/mol. The summed E-state index contributed by atoms with van der Waals surface area (Å²) < 4.78 is 3.41. The van der Waals surface area contributed by atoms with E-state index in [1.165, 1.54) is 11.8 Å². The molecule has 3 heterocycles. The molecule has 1 aliphatic heterocycles. The van der Waals surface area contributed by atoms with E-state index in [4.69, 9.17) is 4.98 Å². The van der Waals surface area contributed by atoms with Crippen LogP contribution in [0.3, 0.4) is 0 Å². The molecule has 0 N–H and O–H groups in total. The first kappa shape index (κ1) is 21.5. The standard InChI is InChI=1S/C25H25N5O2S/c1-3-28(15-18-10-5-4-6-11-18)22(31)13-19-16-33-25-27-23-20(24(32)29(19)25)14-26-30(23)21-12-8-7-9-17(21)2/h4-12,14,19H,3,13,15-16H2,1-2H3. The van der Waals surface area contributed by atoms with Crippen molar-refractivity contribution in [2.75, 3.05) is 12.3 Å². The molecular formula is C25H25N5O2S. The van der Waals surface area contributed by atoms with Crippen molar-refractivity contribution in [2.45, 2.75) is 38.0 Å². The number of fused-ring (bicyclic) bond motifs is 2. The normalized spacial score (nSPS) is 15.0. The molecule has 0 saturated carbocycles. The summed E-state index contributed by atoms with van der Waals surface area (Å²) in [6.45, 7) is 5.18. The number of thioether (sulfide) groups is 1. The van der Waals surface area contributed by atoms with Gasteiger partial charge in [0, 0.05) is 25.3 Å². The lowest BCUT2D eigenvalue weighted by molar-refractivity contribution is -0.132. The molecule has 0 bridgehead atoms. The number of hydrogen-bond donors (Lipinski definition) is 0. The molecule has 0 spiro atoms. The fourth-order valence-corrected chi connectivity index (χ4v) is 5.40. The fourth-order valence-electron chi connectivity index (χ4n) is 4.27. The van der Waals surface area contributed by atoms with Crippen LogP contribution in [0.2, 0.25) is 0 Å². The molecule has 0 fully saturated rings. The molecular weight excluding hydrogens is 434 g/mol. The maximum absolute atomic E-state index is 13.4. The van der Waals surface area contributed by atoms with Crippen LogP contribution < -0.4 is 5.56 Å². The van der Waals surface area contributed by atoms with Crippen molar-refractivity contribution >= 4 is 28.7 Å². The van der Waals surface area contributed by atoms with E-state index in [0.29, 0.717) is 35.0 Å². The van der Waals surface area contributed by atoms with Crippen LogP contribution in [-0.4, -0.2) is 42.4 Å². The first-order chi connectivity index (χ1) is 16.1. The van der Waals surface area contributed by atoms with Gasteiger partial charge in [0.2, 0.25) is 5.91 Å². The summed E-state index contributed by atoms with van der Waals surface area (Å²) in [5.74, 6) is 0.698. The number of carbonyl (C=O) groups excluding carboxylic acids is 1. The van der Waals surface area contributed by atoms with Crippen LogP contribution in [0.5, 0.6) is 0 Å². The lowest BCUT2D eigenvalue weighted by atomic mass is 10.1. The van der Waals surface area contributed by atoms with Gasteiger partial charge in [-0.15, -0.1) is 0 Å². The second-order valence-corrected chi connectivity index (χ2v) is 9.20. The third-order valence-corrected chi connectivity index (χ3v) is 7.17. The number of aromatic nitrogens is 4. The van der Waals surface area contributed by atoms with Crippen LogP contribution in [0.25, 0.3) is 16.7 Å². The molecule has 4 aromatic rings. The lowest BCUT2D eigenvalue weighted by Gasteiger charge is -2.23. The fraction of sp³-hybridized carbons (Fsp3) is 0.280. The first-order valence-electron chi connectivity index (χ1n) is 11.1. The van der Waals surface area contributed by atoms with E-state index in [1.54, 1.807) is 15.4 Å². The number of benzene rings is 2. The van der Waals surface area contributed by atoms with Gasteiger partial charge in [-0.25, -0.2) is 9.67 Å². The molecule has 5 rings (SSSR count). The van der Waals surface area contributed by atoms with Crippen molar-refractivity contribution in [3.05, 3.63) is 82.3 Å². The van der Waals surface area contributed by atoms with Gasteiger partial charge in [-0.2, -0.15) is 5.10 Å². The van der Waals surface area contributed by atoms with E-state index in [1.807, 2.05) is 73.3 Å². The van der Waals surface area contributed by atoms with Crippen LogP contribution in [-0.2, 0) is 11.3 Å². The third-order valence-electron chi connectivity index (χ3n) is 6.08. The highest BCUT2D eigenvalue weighted by Crippen LogP contribution is 2.34. The van der Waals surface area contributed by atoms with Crippen molar-refractivity contribution in [3.63, 3.8) is 0 Å². The van der Waals surface area contributed by atoms with Gasteiger partial charge in [0.25, 0.3) is 5.56 Å². The Morgan fingerprint density at radius 2 is 1.91 bits per heavy atom. The van der Waals surface area contributed by atoms with Gasteiger partial charge in [-0.05, 0) is 31.0 Å². The number of rotatable bonds is 6. The number of amides is 1. The van der Waals surface area contributed by atoms with E-state index < -0.39 is 0 Å². The summed E-state index contributed by atoms with van der Waals surface area (Å²) in [6, 6.07) is 17.6. The maximum Gasteiger partial charge on any atom is 0.265 e. The zero-order chi connectivity index (χ0) is 22.9. The third kappa shape index (κ3) is 3.95. The summed E-state index contributed by atoms with van der Waals surface area (Å²) in [4.78, 5) is 33.1. The van der Waals surface area contributed by atoms with Crippen molar-refractivity contribution < 1.29 is 4.79 Å². The van der Waals surface area contributed by atoms with Crippen molar-refractivity contribution in [3.8, 4) is 5.69 Å². The van der Waals surface area contributed by atoms with Crippen LogP contribution in [0.1, 0.15) is 30.5 Å². The highest BCUT2D eigenvalue weighted by Gasteiger charge is 2.30. The van der Waals surface area contributed by atoms with Crippen molar-refractivity contribution in [1.82, 2.24) is 24.2 Å². The maximum atomic E-state index is 13.4. The van der Waals surface area contributed by atoms with Gasteiger partial charge in [0.05, 0.1) is 17.9 Å². The second-order valence-electron chi connectivity index (χ2n) is 8.21. The van der Waals surface area contributed by atoms with Crippen LogP contribution in [0.4, 0.5) is 0 Å². The summed E-state index contributed by atoms with van der Waals surface area (Å²) in [5, 5.41) is 5.57. The zero-order valence-electron chi connectivity index (χ0n) is 18.6. The number of nitrogens with zero attached hydrogens (tertiary/aromatic N) is 5. The Kier molecular flexibility index (Phi) is 5.76. The largest absolute Gasteiger partial charge is 0.339 e. The number of para-hydroxylation sites is 1. The smallest absolute Gasteiger partial charge is 0.265 e. The Morgan fingerprint density at radius 1 is 1.15 bits per heavy atom. The molecule has 0 saturated heterocycles. The highest BCUT2D eigenvalue weighted by molar-refractivity contribution is 7.99. The van der Waals surface area contributed by atoms with Gasteiger partial charge in [0.1, 0.15) is 5.39 Å². The molecule has 1 unspecified atom stereocenters. The minimum absolute atomic E-state index is 0.0439. The van der Waals surface area contributed by atoms with Crippen molar-refractivity contribution in [2.24, 2.45) is 0 Å². The average Bonchev–Trinajstić information content (AvgIpc) is 3.43. The van der Waals surface area contributed by atoms with Gasteiger partial charge >= 0.3 is 0 Å². The van der Waals surface area contributed by atoms with Crippen LogP contribution >= 0.6 is 11.8 Å². The van der Waals surface area contributed by atoms with E-state index in [2.05, 4.69) is 5.10 Å². The molecule has 1 atom stereocenters. The predicted octanol–water partition coefficient (Wildman–Crippen LogP) is 3.98. The minimum atomic E-state index is -0.214. The Bertz CT molecular complexity index is 1380. The molecule has 1 aliphatic rings. The van der Waals surface area contributed by atoms with Crippen LogP contribution in [0.15, 0.2) is 70.7 Å². The Labute approximate surface area is 196 Å². The Hall–Kier alpha value is -3.39. The van der Waals surface area contributed by atoms with Crippen molar-refractivity contribution in [1.29, 1.82) is 0 Å². The molecule has 7 nitrogen and oxygen atoms in total. The second kappa shape index (κ2) is 8.86. The topological polar surface area (TPSA) is 73.0 Å². The van der Waals surface area contributed by atoms with Gasteiger partial charge in [-0.3, -0.25) is 14.2 Å². The minimum Gasteiger partial charge on any atom is -0.339 e. The Balaban J connectivity index is 1.44. The highest BCUT2D eigenvalue weighted by atomic mass is 32.2. The monoisotopic (exact) mass is 459 g/mol. The zero-order valence-corrected chi connectivity index (χ0v) is 19.5. The molecule has 0 aliphatic carbocycles. The van der Waals surface area contributed by atoms with Crippen LogP contribution in [0, 0.1) is 6.92 Å². The van der Waals surface area contributed by atoms with Gasteiger partial charge < -0.3 is 4.90 Å². The van der Waals surface area contributed by atoms with E-state index in [0.717, 1.165) is 16.8 Å². The molecule has 1 amide bonds. The average molecular weight is 460 g/mol. The van der Waals surface area contributed by atoms with Gasteiger partial charge in [0.15, 0.2) is 10.8 Å². The Morgan fingerprint density at radius 3 is 2.67 bits per heavy atom. The first-order valence-corrected chi connectivity index (χ1v) is 12.1. The summed E-state index contributed by atoms with van der Waals surface area (Å²) >= 11 is 1.52. The molecule has 0 radical (unpaired) electrons. The number of carbonyl (C=O) groups is 1. The van der Waals surface area contributed by atoms with E-state index in [9.17, 15) is 9.59 Å². The lowest BCUT2D eigenvalue weighted by Crippen LogP contribution is -2.34. The molecule has 168 valence electrons. The van der Waals surface area contributed by atoms with E-state index in [-0.39, 0.29) is 23.9 Å². The molecule has 2 aromatic heterocycles.